The Morgan fingerprint density at radius 2 is 1.69 bits per heavy atom. The monoisotopic (exact) mass is 392 g/mol. The summed E-state index contributed by atoms with van der Waals surface area (Å²) in [5.41, 5.74) is 5.11. The van der Waals surface area contributed by atoms with Crippen LogP contribution in [0.1, 0.15) is 49.0 Å². The molecule has 1 fully saturated rings. The molecular formula is C21H16N2O6. The Balaban J connectivity index is 1.67. The quantitative estimate of drug-likeness (QED) is 0.420. The number of carbonyl (C=O) groups excluding carboxylic acids is 3. The van der Waals surface area contributed by atoms with Crippen LogP contribution in [0.25, 0.3) is 10.8 Å². The van der Waals surface area contributed by atoms with Crippen LogP contribution >= 0.6 is 0 Å². The lowest BCUT2D eigenvalue weighted by Gasteiger charge is -2.18. The molecule has 29 heavy (non-hydrogen) atoms. The molecule has 1 saturated heterocycles. The van der Waals surface area contributed by atoms with Gasteiger partial charge < -0.3 is 25.3 Å². The highest BCUT2D eigenvalue weighted by Gasteiger charge is 2.40. The van der Waals surface area contributed by atoms with Crippen LogP contribution in [-0.4, -0.2) is 51.7 Å². The van der Waals surface area contributed by atoms with Crippen LogP contribution in [0.15, 0.2) is 34.7 Å². The van der Waals surface area contributed by atoms with Crippen molar-refractivity contribution in [3.63, 3.8) is 0 Å². The van der Waals surface area contributed by atoms with Crippen molar-refractivity contribution < 1.29 is 29.0 Å². The SMILES string of the molecule is N[C@@H]1CCN(C(=O)c2cc3c(o2)C(=O)c2c(c(O)c4ccccc4c2O)C3=O)C1. The molecule has 1 atom stereocenters. The van der Waals surface area contributed by atoms with E-state index in [2.05, 4.69) is 0 Å². The van der Waals surface area contributed by atoms with Gasteiger partial charge >= 0.3 is 0 Å². The molecule has 0 unspecified atom stereocenters. The Bertz CT molecular complexity index is 1160. The number of hydrogen-bond donors (Lipinski definition) is 3. The lowest BCUT2D eigenvalue weighted by atomic mass is 9.85. The fourth-order valence-electron chi connectivity index (χ4n) is 4.05. The van der Waals surface area contributed by atoms with E-state index in [9.17, 15) is 24.6 Å². The fourth-order valence-corrected chi connectivity index (χ4v) is 4.05. The van der Waals surface area contributed by atoms with Crippen LogP contribution in [0.4, 0.5) is 0 Å². The van der Waals surface area contributed by atoms with Gasteiger partial charge in [-0.3, -0.25) is 14.4 Å². The zero-order valence-corrected chi connectivity index (χ0v) is 15.1. The number of furan rings is 1. The lowest BCUT2D eigenvalue weighted by molar-refractivity contribution is 0.0756. The summed E-state index contributed by atoms with van der Waals surface area (Å²) < 4.78 is 5.47. The van der Waals surface area contributed by atoms with Gasteiger partial charge in [0.15, 0.2) is 11.5 Å². The number of amides is 1. The second-order valence-electron chi connectivity index (χ2n) is 7.30. The van der Waals surface area contributed by atoms with Gasteiger partial charge in [0.05, 0.1) is 16.7 Å². The van der Waals surface area contributed by atoms with Crippen molar-refractivity contribution in [3.8, 4) is 11.5 Å². The predicted octanol–water partition coefficient (Wildman–Crippen LogP) is 1.79. The average Bonchev–Trinajstić information content (AvgIpc) is 3.35. The fraction of sp³-hybridized carbons (Fsp3) is 0.190. The molecule has 1 amide bonds. The average molecular weight is 392 g/mol. The third-order valence-corrected chi connectivity index (χ3v) is 5.52. The van der Waals surface area contributed by atoms with Crippen LogP contribution in [0.2, 0.25) is 0 Å². The maximum absolute atomic E-state index is 13.1. The molecule has 0 bridgehead atoms. The summed E-state index contributed by atoms with van der Waals surface area (Å²) in [6.07, 6.45) is 0.657. The van der Waals surface area contributed by atoms with E-state index < -0.39 is 29.0 Å². The first-order valence-corrected chi connectivity index (χ1v) is 9.13. The standard InChI is InChI=1S/C21H16N2O6/c22-9-5-6-23(8-9)21(28)13-7-12-18(26)14-15(19(27)20(12)29-13)17(25)11-4-2-1-3-10(11)16(14)24/h1-4,7,9,24-25H,5-6,8,22H2/t9-/m1/s1. The van der Waals surface area contributed by atoms with Gasteiger partial charge in [-0.05, 0) is 6.42 Å². The van der Waals surface area contributed by atoms with E-state index in [0.717, 1.165) is 0 Å². The molecule has 0 spiro atoms. The Labute approximate surface area is 164 Å². The van der Waals surface area contributed by atoms with Crippen molar-refractivity contribution in [1.82, 2.24) is 4.90 Å². The van der Waals surface area contributed by atoms with E-state index in [-0.39, 0.29) is 45.0 Å². The van der Waals surface area contributed by atoms with Gasteiger partial charge in [-0.1, -0.05) is 24.3 Å². The summed E-state index contributed by atoms with van der Waals surface area (Å²) in [7, 11) is 0. The van der Waals surface area contributed by atoms with E-state index >= 15 is 0 Å². The maximum Gasteiger partial charge on any atom is 0.289 e. The van der Waals surface area contributed by atoms with Gasteiger partial charge in [0.25, 0.3) is 5.91 Å². The summed E-state index contributed by atoms with van der Waals surface area (Å²) >= 11 is 0. The molecule has 1 aromatic heterocycles. The normalized spacial score (nSPS) is 18.2. The second-order valence-corrected chi connectivity index (χ2v) is 7.30. The van der Waals surface area contributed by atoms with Crippen molar-refractivity contribution in [2.24, 2.45) is 5.73 Å². The molecule has 2 aromatic carbocycles. The summed E-state index contributed by atoms with van der Waals surface area (Å²) in [5.74, 6) is -3.18. The Morgan fingerprint density at radius 1 is 1.07 bits per heavy atom. The molecule has 2 aliphatic rings. The summed E-state index contributed by atoms with van der Waals surface area (Å²) in [6, 6.07) is 7.45. The number of phenols is 2. The largest absolute Gasteiger partial charge is 0.506 e. The first-order valence-electron chi connectivity index (χ1n) is 9.13. The zero-order valence-electron chi connectivity index (χ0n) is 15.1. The van der Waals surface area contributed by atoms with Crippen molar-refractivity contribution in [1.29, 1.82) is 0 Å². The molecule has 5 rings (SSSR count). The number of rotatable bonds is 1. The molecule has 0 saturated carbocycles. The molecule has 3 aromatic rings. The molecule has 8 nitrogen and oxygen atoms in total. The van der Waals surface area contributed by atoms with Gasteiger partial charge in [0.1, 0.15) is 11.5 Å². The molecule has 146 valence electrons. The molecule has 2 heterocycles. The highest BCUT2D eigenvalue weighted by molar-refractivity contribution is 6.32. The Morgan fingerprint density at radius 3 is 2.28 bits per heavy atom. The highest BCUT2D eigenvalue weighted by Crippen LogP contribution is 2.44. The van der Waals surface area contributed by atoms with Crippen LogP contribution in [-0.2, 0) is 0 Å². The minimum Gasteiger partial charge on any atom is -0.506 e. The first kappa shape index (κ1) is 17.4. The molecule has 0 radical (unpaired) electrons. The molecular weight excluding hydrogens is 376 g/mol. The number of nitrogens with two attached hydrogens (primary N) is 1. The number of likely N-dealkylation sites (tertiary alicyclic amines) is 1. The number of phenolic OH excluding ortho intramolecular Hbond substituents is 2. The summed E-state index contributed by atoms with van der Waals surface area (Å²) in [4.78, 5) is 40.2. The van der Waals surface area contributed by atoms with Crippen molar-refractivity contribution in [2.75, 3.05) is 13.1 Å². The van der Waals surface area contributed by atoms with Crippen molar-refractivity contribution >= 4 is 28.2 Å². The van der Waals surface area contributed by atoms with E-state index in [0.29, 0.717) is 19.5 Å². The third kappa shape index (κ3) is 2.32. The number of fused-ring (bicyclic) bond motifs is 3. The lowest BCUT2D eigenvalue weighted by Crippen LogP contribution is -2.31. The number of benzene rings is 2. The number of hydrogen-bond acceptors (Lipinski definition) is 7. The smallest absolute Gasteiger partial charge is 0.289 e. The number of carbonyl (C=O) groups is 3. The van der Waals surface area contributed by atoms with Crippen LogP contribution < -0.4 is 5.73 Å². The maximum atomic E-state index is 13.1. The molecule has 8 heteroatoms. The van der Waals surface area contributed by atoms with E-state index in [4.69, 9.17) is 10.2 Å². The molecule has 4 N–H and O–H groups in total. The van der Waals surface area contributed by atoms with Crippen LogP contribution in [0.5, 0.6) is 11.5 Å². The van der Waals surface area contributed by atoms with E-state index in [1.807, 2.05) is 0 Å². The second kappa shape index (κ2) is 5.92. The third-order valence-electron chi connectivity index (χ3n) is 5.52. The topological polar surface area (TPSA) is 134 Å². The molecule has 1 aliphatic carbocycles. The summed E-state index contributed by atoms with van der Waals surface area (Å²) in [5, 5.41) is 21.8. The zero-order chi connectivity index (χ0) is 20.4. The van der Waals surface area contributed by atoms with Crippen LogP contribution in [0.3, 0.4) is 0 Å². The van der Waals surface area contributed by atoms with Crippen molar-refractivity contribution in [2.45, 2.75) is 12.5 Å². The van der Waals surface area contributed by atoms with Gasteiger partial charge in [0.2, 0.25) is 11.6 Å². The first-order chi connectivity index (χ1) is 13.9. The molecule has 1 aliphatic heterocycles. The van der Waals surface area contributed by atoms with Gasteiger partial charge in [0, 0.05) is 36.0 Å². The predicted molar refractivity (Wildman–Crippen MR) is 101 cm³/mol. The van der Waals surface area contributed by atoms with Gasteiger partial charge in [-0.2, -0.15) is 0 Å². The minimum absolute atomic E-state index is 0.112. The van der Waals surface area contributed by atoms with E-state index in [1.165, 1.54) is 17.0 Å². The van der Waals surface area contributed by atoms with Gasteiger partial charge in [-0.25, -0.2) is 0 Å². The van der Waals surface area contributed by atoms with Crippen LogP contribution in [0, 0.1) is 0 Å². The Hall–Kier alpha value is -3.65. The number of nitrogens with zero attached hydrogens (tertiary/aromatic N) is 1. The highest BCUT2D eigenvalue weighted by atomic mass is 16.4. The van der Waals surface area contributed by atoms with Gasteiger partial charge in [-0.15, -0.1) is 0 Å². The minimum atomic E-state index is -0.759. The van der Waals surface area contributed by atoms with Crippen molar-refractivity contribution in [3.05, 3.63) is 58.5 Å². The van der Waals surface area contributed by atoms with E-state index in [1.54, 1.807) is 18.2 Å². The number of ketones is 2. The number of aromatic hydroxyl groups is 2. The summed E-state index contributed by atoms with van der Waals surface area (Å²) in [6.45, 7) is 0.819. The Kier molecular flexibility index (Phi) is 3.56.